The minimum atomic E-state index is -0.963. The topological polar surface area (TPSA) is 86.7 Å². The Morgan fingerprint density at radius 3 is 2.20 bits per heavy atom. The van der Waals surface area contributed by atoms with Gasteiger partial charge in [0.25, 0.3) is 0 Å². The average molecular weight is 406 g/mol. The van der Waals surface area contributed by atoms with Gasteiger partial charge in [0, 0.05) is 25.1 Å². The molecular formula is C24H26N2O4. The van der Waals surface area contributed by atoms with Gasteiger partial charge in [0.2, 0.25) is 11.8 Å². The van der Waals surface area contributed by atoms with Crippen LogP contribution in [0.25, 0.3) is 6.08 Å². The van der Waals surface area contributed by atoms with Crippen molar-refractivity contribution in [3.63, 3.8) is 0 Å². The van der Waals surface area contributed by atoms with Crippen molar-refractivity contribution in [2.24, 2.45) is 5.92 Å². The first-order valence-corrected chi connectivity index (χ1v) is 10.1. The van der Waals surface area contributed by atoms with E-state index in [1.807, 2.05) is 60.7 Å². The number of hydrogen-bond donors (Lipinski definition) is 2. The normalized spacial score (nSPS) is 15.7. The van der Waals surface area contributed by atoms with Gasteiger partial charge in [-0.2, -0.15) is 0 Å². The summed E-state index contributed by atoms with van der Waals surface area (Å²) in [4.78, 5) is 38.1. The van der Waals surface area contributed by atoms with Gasteiger partial charge in [-0.05, 0) is 30.0 Å². The molecule has 2 N–H and O–H groups in total. The fourth-order valence-electron chi connectivity index (χ4n) is 3.60. The SMILES string of the molecule is O=C(O)CC(NC(=O)C1CCN(C(=O)C=Cc2ccccc2)CC1)c1ccccc1. The molecule has 2 aromatic carbocycles. The average Bonchev–Trinajstić information content (AvgIpc) is 2.78. The number of carboxylic acid groups (broad SMARTS) is 1. The molecule has 6 heteroatoms. The van der Waals surface area contributed by atoms with Crippen molar-refractivity contribution in [2.75, 3.05) is 13.1 Å². The van der Waals surface area contributed by atoms with E-state index >= 15 is 0 Å². The molecule has 1 heterocycles. The van der Waals surface area contributed by atoms with Crippen molar-refractivity contribution in [1.82, 2.24) is 10.2 Å². The number of benzene rings is 2. The molecule has 0 aromatic heterocycles. The number of hydrogen-bond acceptors (Lipinski definition) is 3. The Morgan fingerprint density at radius 2 is 1.60 bits per heavy atom. The van der Waals surface area contributed by atoms with Crippen LogP contribution in [0.3, 0.4) is 0 Å². The second-order valence-electron chi connectivity index (χ2n) is 7.41. The van der Waals surface area contributed by atoms with E-state index in [4.69, 9.17) is 0 Å². The number of carbonyl (C=O) groups excluding carboxylic acids is 2. The van der Waals surface area contributed by atoms with E-state index in [2.05, 4.69) is 5.32 Å². The van der Waals surface area contributed by atoms with E-state index in [9.17, 15) is 19.5 Å². The standard InChI is InChI=1S/C24H26N2O4/c27-22(12-11-18-7-3-1-4-8-18)26-15-13-20(14-16-26)24(30)25-21(17-23(28)29)19-9-5-2-6-10-19/h1-12,20-21H,13-17H2,(H,25,30)(H,28,29). The minimum Gasteiger partial charge on any atom is -0.481 e. The summed E-state index contributed by atoms with van der Waals surface area (Å²) < 4.78 is 0. The Hall–Kier alpha value is -3.41. The van der Waals surface area contributed by atoms with Gasteiger partial charge in [-0.3, -0.25) is 14.4 Å². The number of nitrogens with zero attached hydrogens (tertiary/aromatic N) is 1. The van der Waals surface area contributed by atoms with Crippen LogP contribution in [0, 0.1) is 5.92 Å². The Morgan fingerprint density at radius 1 is 1.00 bits per heavy atom. The number of amides is 2. The van der Waals surface area contributed by atoms with Crippen molar-refractivity contribution in [2.45, 2.75) is 25.3 Å². The fraction of sp³-hybridized carbons (Fsp3) is 0.292. The van der Waals surface area contributed by atoms with Gasteiger partial charge in [0.05, 0.1) is 12.5 Å². The lowest BCUT2D eigenvalue weighted by molar-refractivity contribution is -0.138. The molecule has 0 aliphatic carbocycles. The fourth-order valence-corrected chi connectivity index (χ4v) is 3.60. The molecule has 6 nitrogen and oxygen atoms in total. The molecular weight excluding hydrogens is 380 g/mol. The highest BCUT2D eigenvalue weighted by atomic mass is 16.4. The van der Waals surface area contributed by atoms with Gasteiger partial charge in [-0.15, -0.1) is 0 Å². The zero-order valence-corrected chi connectivity index (χ0v) is 16.7. The highest BCUT2D eigenvalue weighted by Gasteiger charge is 2.28. The third kappa shape index (κ3) is 6.04. The van der Waals surface area contributed by atoms with Gasteiger partial charge in [-0.25, -0.2) is 0 Å². The third-order valence-electron chi connectivity index (χ3n) is 5.29. The molecule has 1 aliphatic heterocycles. The predicted molar refractivity (Wildman–Crippen MR) is 114 cm³/mol. The zero-order valence-electron chi connectivity index (χ0n) is 16.7. The van der Waals surface area contributed by atoms with E-state index in [0.717, 1.165) is 11.1 Å². The molecule has 2 aromatic rings. The van der Waals surface area contributed by atoms with Crippen LogP contribution in [0.1, 0.15) is 36.4 Å². The van der Waals surface area contributed by atoms with Crippen LogP contribution in [-0.4, -0.2) is 40.9 Å². The molecule has 1 atom stereocenters. The smallest absolute Gasteiger partial charge is 0.305 e. The number of carboxylic acids is 1. The summed E-state index contributed by atoms with van der Waals surface area (Å²) in [5.41, 5.74) is 1.73. The molecule has 1 fully saturated rings. The van der Waals surface area contributed by atoms with Gasteiger partial charge >= 0.3 is 5.97 Å². The molecule has 0 saturated carbocycles. The number of nitrogens with one attached hydrogen (secondary N) is 1. The maximum atomic E-state index is 12.7. The second kappa shape index (κ2) is 10.4. The lowest BCUT2D eigenvalue weighted by Gasteiger charge is -2.31. The first-order chi connectivity index (χ1) is 14.5. The molecule has 1 saturated heterocycles. The predicted octanol–water partition coefficient (Wildman–Crippen LogP) is 3.27. The summed E-state index contributed by atoms with van der Waals surface area (Å²) >= 11 is 0. The number of carbonyl (C=O) groups is 3. The lowest BCUT2D eigenvalue weighted by atomic mass is 9.94. The van der Waals surface area contributed by atoms with E-state index in [1.165, 1.54) is 0 Å². The first kappa shape index (κ1) is 21.3. The van der Waals surface area contributed by atoms with E-state index in [-0.39, 0.29) is 24.2 Å². The van der Waals surface area contributed by atoms with Crippen LogP contribution < -0.4 is 5.32 Å². The summed E-state index contributed by atoms with van der Waals surface area (Å²) in [5.74, 6) is -1.41. The number of likely N-dealkylation sites (tertiary alicyclic amines) is 1. The van der Waals surface area contributed by atoms with Crippen LogP contribution >= 0.6 is 0 Å². The van der Waals surface area contributed by atoms with Crippen molar-refractivity contribution >= 4 is 23.9 Å². The second-order valence-corrected chi connectivity index (χ2v) is 7.41. The molecule has 1 aliphatic rings. The van der Waals surface area contributed by atoms with Crippen molar-refractivity contribution in [3.8, 4) is 0 Å². The maximum Gasteiger partial charge on any atom is 0.305 e. The van der Waals surface area contributed by atoms with E-state index < -0.39 is 12.0 Å². The van der Waals surface area contributed by atoms with Crippen LogP contribution in [0.4, 0.5) is 0 Å². The Bertz CT molecular complexity index is 888. The molecule has 0 bridgehead atoms. The van der Waals surface area contributed by atoms with Crippen molar-refractivity contribution in [1.29, 1.82) is 0 Å². The van der Waals surface area contributed by atoms with Crippen LogP contribution in [0.2, 0.25) is 0 Å². The summed E-state index contributed by atoms with van der Waals surface area (Å²) in [5, 5.41) is 12.1. The molecule has 1 unspecified atom stereocenters. The van der Waals surface area contributed by atoms with Crippen LogP contribution in [-0.2, 0) is 14.4 Å². The molecule has 156 valence electrons. The van der Waals surface area contributed by atoms with Gasteiger partial charge < -0.3 is 15.3 Å². The highest BCUT2D eigenvalue weighted by Crippen LogP contribution is 2.22. The quantitative estimate of drug-likeness (QED) is 0.691. The summed E-state index contributed by atoms with van der Waals surface area (Å²) in [6, 6.07) is 18.2. The molecule has 2 amide bonds. The summed E-state index contributed by atoms with van der Waals surface area (Å²) in [7, 11) is 0. The minimum absolute atomic E-state index is 0.0641. The van der Waals surface area contributed by atoms with E-state index in [0.29, 0.717) is 25.9 Å². The maximum absolute atomic E-state index is 12.7. The first-order valence-electron chi connectivity index (χ1n) is 10.1. The number of rotatable bonds is 7. The van der Waals surface area contributed by atoms with Crippen LogP contribution in [0.15, 0.2) is 66.7 Å². The summed E-state index contributed by atoms with van der Waals surface area (Å²) in [6.07, 6.45) is 4.31. The van der Waals surface area contributed by atoms with Crippen LogP contribution in [0.5, 0.6) is 0 Å². The molecule has 30 heavy (non-hydrogen) atoms. The summed E-state index contributed by atoms with van der Waals surface area (Å²) in [6.45, 7) is 1.01. The van der Waals surface area contributed by atoms with Gasteiger partial charge in [0.1, 0.15) is 0 Å². The Balaban J connectivity index is 1.53. The number of piperidine rings is 1. The lowest BCUT2D eigenvalue weighted by Crippen LogP contribution is -2.43. The molecule has 3 rings (SSSR count). The molecule has 0 radical (unpaired) electrons. The Kier molecular flexibility index (Phi) is 7.38. The monoisotopic (exact) mass is 406 g/mol. The highest BCUT2D eigenvalue weighted by molar-refractivity contribution is 5.92. The molecule has 0 spiro atoms. The van der Waals surface area contributed by atoms with Crippen molar-refractivity contribution < 1.29 is 19.5 Å². The third-order valence-corrected chi connectivity index (χ3v) is 5.29. The largest absolute Gasteiger partial charge is 0.481 e. The zero-order chi connectivity index (χ0) is 21.3. The van der Waals surface area contributed by atoms with Crippen molar-refractivity contribution in [3.05, 3.63) is 77.9 Å². The van der Waals surface area contributed by atoms with E-state index in [1.54, 1.807) is 17.1 Å². The number of aliphatic carboxylic acids is 1. The van der Waals surface area contributed by atoms with Gasteiger partial charge in [-0.1, -0.05) is 60.7 Å². The van der Waals surface area contributed by atoms with Gasteiger partial charge in [0.15, 0.2) is 0 Å². The Labute approximate surface area is 176 Å².